The molecule has 1 aliphatic rings. The molecule has 2 N–H and O–H groups in total. The molecule has 1 heterocycles. The number of phenols is 1. The number of amides is 1. The van der Waals surface area contributed by atoms with Crippen LogP contribution in [0.25, 0.3) is 0 Å². The number of nitrogens with zero attached hydrogens (tertiary/aromatic N) is 2. The number of aliphatic hydroxyl groups excluding tert-OH is 1. The number of benzene rings is 2. The molecule has 0 radical (unpaired) electrons. The van der Waals surface area contributed by atoms with E-state index in [0.717, 1.165) is 17.7 Å². The molecule has 25 heavy (non-hydrogen) atoms. The fourth-order valence-electron chi connectivity index (χ4n) is 3.51. The number of carbonyl (C=O) groups is 1. The van der Waals surface area contributed by atoms with Crippen LogP contribution in [0.3, 0.4) is 0 Å². The molecule has 1 atom stereocenters. The van der Waals surface area contributed by atoms with Crippen molar-refractivity contribution in [3.05, 3.63) is 52.5 Å². The average Bonchev–Trinajstić information content (AvgIpc) is 2.60. The number of halogens is 1. The summed E-state index contributed by atoms with van der Waals surface area (Å²) in [6.45, 7) is 4.32. The summed E-state index contributed by atoms with van der Waals surface area (Å²) >= 11 is 6.00. The number of anilines is 2. The number of aliphatic hydroxyl groups is 1. The normalized spacial score (nSPS) is 16.9. The van der Waals surface area contributed by atoms with Crippen molar-refractivity contribution in [2.45, 2.75) is 33.2 Å². The van der Waals surface area contributed by atoms with Crippen molar-refractivity contribution >= 4 is 29.4 Å². The van der Waals surface area contributed by atoms with E-state index in [-0.39, 0.29) is 24.4 Å². The molecule has 0 aromatic heterocycles. The minimum atomic E-state index is -0.328. The Kier molecular flexibility index (Phi) is 4.88. The van der Waals surface area contributed by atoms with Crippen molar-refractivity contribution in [2.75, 3.05) is 9.80 Å². The SMILES string of the molecule is CC(C)C1N(C=O)c2c(ccc(O)c2CO)CN1c1ccc(Cl)cc1. The van der Waals surface area contributed by atoms with Crippen LogP contribution >= 0.6 is 11.6 Å². The zero-order valence-corrected chi connectivity index (χ0v) is 14.9. The summed E-state index contributed by atoms with van der Waals surface area (Å²) in [6, 6.07) is 10.9. The van der Waals surface area contributed by atoms with E-state index in [1.165, 1.54) is 0 Å². The Balaban J connectivity index is 2.17. The van der Waals surface area contributed by atoms with Gasteiger partial charge in [0.05, 0.1) is 12.3 Å². The Morgan fingerprint density at radius 2 is 1.92 bits per heavy atom. The lowest BCUT2D eigenvalue weighted by molar-refractivity contribution is -0.108. The van der Waals surface area contributed by atoms with Gasteiger partial charge in [0.25, 0.3) is 0 Å². The summed E-state index contributed by atoms with van der Waals surface area (Å²) in [5.74, 6) is 0.124. The topological polar surface area (TPSA) is 64.0 Å². The molecule has 5 nitrogen and oxygen atoms in total. The number of carbonyl (C=O) groups excluding carboxylic acids is 1. The van der Waals surface area contributed by atoms with Gasteiger partial charge in [-0.25, -0.2) is 0 Å². The molecule has 2 aromatic rings. The first-order valence-electron chi connectivity index (χ1n) is 8.18. The van der Waals surface area contributed by atoms with Crippen molar-refractivity contribution in [1.29, 1.82) is 0 Å². The first-order chi connectivity index (χ1) is 12.0. The van der Waals surface area contributed by atoms with E-state index in [9.17, 15) is 15.0 Å². The van der Waals surface area contributed by atoms with Gasteiger partial charge in [0.2, 0.25) is 6.41 Å². The largest absolute Gasteiger partial charge is 0.508 e. The van der Waals surface area contributed by atoms with E-state index >= 15 is 0 Å². The second kappa shape index (κ2) is 6.94. The predicted octanol–water partition coefficient (Wildman–Crippen LogP) is 3.50. The molecule has 0 spiro atoms. The van der Waals surface area contributed by atoms with Crippen LogP contribution in [-0.2, 0) is 17.9 Å². The summed E-state index contributed by atoms with van der Waals surface area (Å²) in [6.07, 6.45) is 0.530. The van der Waals surface area contributed by atoms with Gasteiger partial charge >= 0.3 is 0 Å². The molecular weight excluding hydrogens is 340 g/mol. The van der Waals surface area contributed by atoms with Crippen molar-refractivity contribution in [2.24, 2.45) is 5.92 Å². The molecule has 0 saturated carbocycles. The first kappa shape index (κ1) is 17.6. The predicted molar refractivity (Wildman–Crippen MR) is 98.8 cm³/mol. The van der Waals surface area contributed by atoms with Gasteiger partial charge in [-0.05, 0) is 41.8 Å². The van der Waals surface area contributed by atoms with E-state index in [4.69, 9.17) is 11.6 Å². The summed E-state index contributed by atoms with van der Waals surface area (Å²) < 4.78 is 0. The van der Waals surface area contributed by atoms with Crippen LogP contribution in [0, 0.1) is 5.92 Å². The minimum absolute atomic E-state index is 0.00412. The summed E-state index contributed by atoms with van der Waals surface area (Å²) in [4.78, 5) is 15.7. The van der Waals surface area contributed by atoms with Crippen LogP contribution in [0.1, 0.15) is 25.0 Å². The third-order valence-electron chi connectivity index (χ3n) is 4.57. The maximum atomic E-state index is 12.0. The van der Waals surface area contributed by atoms with Gasteiger partial charge in [-0.1, -0.05) is 31.5 Å². The maximum absolute atomic E-state index is 12.0. The molecule has 0 saturated heterocycles. The van der Waals surface area contributed by atoms with Gasteiger partial charge in [-0.2, -0.15) is 0 Å². The van der Waals surface area contributed by atoms with Crippen LogP contribution in [0.2, 0.25) is 5.02 Å². The van der Waals surface area contributed by atoms with Gasteiger partial charge in [-0.15, -0.1) is 0 Å². The molecule has 0 aliphatic carbocycles. The molecule has 1 unspecified atom stereocenters. The molecule has 1 amide bonds. The van der Waals surface area contributed by atoms with Crippen LogP contribution in [0.4, 0.5) is 11.4 Å². The van der Waals surface area contributed by atoms with Crippen LogP contribution in [-0.4, -0.2) is 22.8 Å². The Hall–Kier alpha value is -2.24. The van der Waals surface area contributed by atoms with E-state index in [1.54, 1.807) is 17.0 Å². The van der Waals surface area contributed by atoms with Crippen LogP contribution in [0.15, 0.2) is 36.4 Å². The zero-order valence-electron chi connectivity index (χ0n) is 14.2. The van der Waals surface area contributed by atoms with E-state index in [1.807, 2.05) is 38.1 Å². The Bertz CT molecular complexity index is 777. The van der Waals surface area contributed by atoms with Crippen molar-refractivity contribution in [1.82, 2.24) is 0 Å². The average molecular weight is 361 g/mol. The van der Waals surface area contributed by atoms with Gasteiger partial charge in [0.15, 0.2) is 0 Å². The number of hydrogen-bond donors (Lipinski definition) is 2. The molecule has 2 aromatic carbocycles. The third-order valence-corrected chi connectivity index (χ3v) is 4.82. The number of aromatic hydroxyl groups is 1. The van der Waals surface area contributed by atoms with Gasteiger partial charge in [0.1, 0.15) is 11.9 Å². The molecule has 1 aliphatic heterocycles. The minimum Gasteiger partial charge on any atom is -0.508 e. The van der Waals surface area contributed by atoms with Crippen molar-refractivity contribution < 1.29 is 15.0 Å². The van der Waals surface area contributed by atoms with Gasteiger partial charge in [-0.3, -0.25) is 9.69 Å². The fourth-order valence-corrected chi connectivity index (χ4v) is 3.64. The smallest absolute Gasteiger partial charge is 0.215 e. The van der Waals surface area contributed by atoms with Crippen molar-refractivity contribution in [3.8, 4) is 5.75 Å². The summed E-state index contributed by atoms with van der Waals surface area (Å²) in [5, 5.41) is 20.4. The number of rotatable bonds is 4. The first-order valence-corrected chi connectivity index (χ1v) is 8.56. The van der Waals surface area contributed by atoms with Crippen molar-refractivity contribution in [3.63, 3.8) is 0 Å². The molecule has 0 bridgehead atoms. The second-order valence-corrected chi connectivity index (χ2v) is 6.94. The lowest BCUT2D eigenvalue weighted by Gasteiger charge is -2.47. The summed E-state index contributed by atoms with van der Waals surface area (Å²) in [7, 11) is 0. The monoisotopic (exact) mass is 360 g/mol. The zero-order chi connectivity index (χ0) is 18.1. The van der Waals surface area contributed by atoms with Crippen LogP contribution in [0.5, 0.6) is 5.75 Å². The Morgan fingerprint density at radius 3 is 2.48 bits per heavy atom. The van der Waals surface area contributed by atoms with E-state index in [0.29, 0.717) is 22.8 Å². The number of hydrogen-bond acceptors (Lipinski definition) is 4. The highest BCUT2D eigenvalue weighted by molar-refractivity contribution is 6.30. The van der Waals surface area contributed by atoms with Gasteiger partial charge < -0.3 is 15.1 Å². The molecule has 0 fully saturated rings. The number of fused-ring (bicyclic) bond motifs is 1. The molecule has 6 heteroatoms. The Labute approximate surface area is 152 Å². The molecule has 3 rings (SSSR count). The quantitative estimate of drug-likeness (QED) is 0.819. The summed E-state index contributed by atoms with van der Waals surface area (Å²) in [5.41, 5.74) is 2.81. The second-order valence-electron chi connectivity index (χ2n) is 6.50. The maximum Gasteiger partial charge on any atom is 0.215 e. The molecular formula is C19H21ClN2O3. The van der Waals surface area contributed by atoms with Crippen LogP contribution < -0.4 is 9.80 Å². The third kappa shape index (κ3) is 3.05. The highest BCUT2D eigenvalue weighted by Crippen LogP contribution is 2.41. The van der Waals surface area contributed by atoms with E-state index in [2.05, 4.69) is 4.90 Å². The van der Waals surface area contributed by atoms with Gasteiger partial charge in [0, 0.05) is 22.8 Å². The Morgan fingerprint density at radius 1 is 1.24 bits per heavy atom. The molecule has 132 valence electrons. The lowest BCUT2D eigenvalue weighted by Crippen LogP contribution is -2.54. The highest BCUT2D eigenvalue weighted by Gasteiger charge is 2.36. The van der Waals surface area contributed by atoms with E-state index < -0.39 is 0 Å². The lowest BCUT2D eigenvalue weighted by atomic mass is 9.96. The highest BCUT2D eigenvalue weighted by atomic mass is 35.5. The fraction of sp³-hybridized carbons (Fsp3) is 0.316. The standard InChI is InChI=1S/C19H21ClN2O3/c1-12(2)19-21(15-6-4-14(20)5-7-15)9-13-3-8-17(25)16(10-23)18(13)22(19)11-24/h3-8,11-12,19,23,25H,9-10H2,1-2H3.